The number of aromatic hydroxyl groups is 1. The average Bonchev–Trinajstić information content (AvgIpc) is 2.55. The molecule has 0 aliphatic rings. The first kappa shape index (κ1) is 20.1. The predicted octanol–water partition coefficient (Wildman–Crippen LogP) is 7.75. The van der Waals surface area contributed by atoms with E-state index < -0.39 is 17.6 Å². The third-order valence-electron chi connectivity index (χ3n) is 3.69. The molecule has 0 radical (unpaired) electrons. The molecule has 0 amide bonds. The normalized spacial score (nSPS) is 11.7. The van der Waals surface area contributed by atoms with Crippen molar-refractivity contribution in [3.05, 3.63) is 68.2 Å². The number of rotatable bonds is 2. The maximum absolute atomic E-state index is 13.4. The van der Waals surface area contributed by atoms with Crippen LogP contribution in [-0.2, 0) is 6.18 Å². The van der Waals surface area contributed by atoms with Crippen LogP contribution in [0.2, 0.25) is 20.1 Å². The van der Waals surface area contributed by atoms with E-state index in [0.717, 1.165) is 6.07 Å². The van der Waals surface area contributed by atoms with Crippen molar-refractivity contribution in [2.75, 3.05) is 0 Å². The number of aromatic nitrogens is 1. The lowest BCUT2D eigenvalue weighted by Crippen LogP contribution is -2.09. The van der Waals surface area contributed by atoms with Crippen LogP contribution in [0.4, 0.5) is 13.2 Å². The number of pyridine rings is 1. The molecule has 27 heavy (non-hydrogen) atoms. The molecule has 0 unspecified atom stereocenters. The van der Waals surface area contributed by atoms with E-state index in [-0.39, 0.29) is 37.5 Å². The molecule has 0 fully saturated rings. The summed E-state index contributed by atoms with van der Waals surface area (Å²) in [6.45, 7) is 0. The van der Waals surface area contributed by atoms with Gasteiger partial charge >= 0.3 is 6.18 Å². The Kier molecular flexibility index (Phi) is 5.50. The summed E-state index contributed by atoms with van der Waals surface area (Å²) < 4.78 is 40.2. The monoisotopic (exact) mass is 451 g/mol. The zero-order valence-corrected chi connectivity index (χ0v) is 16.1. The lowest BCUT2D eigenvalue weighted by atomic mass is 10.00. The summed E-state index contributed by atoms with van der Waals surface area (Å²) >= 11 is 23.9. The zero-order chi connectivity index (χ0) is 19.9. The molecule has 2 nitrogen and oxygen atoms in total. The average molecular weight is 453 g/mol. The molecule has 140 valence electrons. The molecule has 0 aliphatic carbocycles. The van der Waals surface area contributed by atoms with Gasteiger partial charge in [-0.2, -0.15) is 13.2 Å². The van der Waals surface area contributed by atoms with Gasteiger partial charge in [0.15, 0.2) is 0 Å². The van der Waals surface area contributed by atoms with Crippen molar-refractivity contribution in [2.24, 2.45) is 0 Å². The molecule has 0 aliphatic heterocycles. The van der Waals surface area contributed by atoms with Crippen molar-refractivity contribution < 1.29 is 18.3 Å². The van der Waals surface area contributed by atoms with Crippen LogP contribution in [0.3, 0.4) is 0 Å². The third-order valence-corrected chi connectivity index (χ3v) is 4.79. The van der Waals surface area contributed by atoms with E-state index in [1.165, 1.54) is 36.4 Å². The maximum atomic E-state index is 13.4. The highest BCUT2D eigenvalue weighted by atomic mass is 35.5. The molecule has 0 saturated carbocycles. The van der Waals surface area contributed by atoms with Crippen LogP contribution in [0.25, 0.3) is 22.4 Å². The number of alkyl halides is 3. The largest absolute Gasteiger partial charge is 0.505 e. The lowest BCUT2D eigenvalue weighted by Gasteiger charge is -2.16. The molecule has 0 spiro atoms. The number of nitrogens with zero attached hydrogens (tertiary/aromatic N) is 1. The molecule has 1 heterocycles. The smallest absolute Gasteiger partial charge is 0.433 e. The highest BCUT2D eigenvalue weighted by Crippen LogP contribution is 2.45. The standard InChI is InChI=1S/C18H8Cl4F3NO/c19-8-1-3-10(13(21)5-8)12-7-15(18(23,24)25)26-16(17(12)27)11-4-2-9(20)6-14(11)22/h1-7,27H. The molecule has 1 N–H and O–H groups in total. The summed E-state index contributed by atoms with van der Waals surface area (Å²) in [5.74, 6) is -0.503. The molecule has 0 atom stereocenters. The van der Waals surface area contributed by atoms with Gasteiger partial charge in [0.05, 0.1) is 10.0 Å². The molecule has 0 bridgehead atoms. The van der Waals surface area contributed by atoms with Gasteiger partial charge in [-0.1, -0.05) is 52.5 Å². The van der Waals surface area contributed by atoms with Crippen molar-refractivity contribution >= 4 is 46.4 Å². The van der Waals surface area contributed by atoms with Crippen LogP contribution in [0.5, 0.6) is 5.75 Å². The molecular formula is C18H8Cl4F3NO. The molecule has 9 heteroatoms. The van der Waals surface area contributed by atoms with Gasteiger partial charge in [-0.15, -0.1) is 0 Å². The topological polar surface area (TPSA) is 33.1 Å². The van der Waals surface area contributed by atoms with Crippen LogP contribution in [0, 0.1) is 0 Å². The van der Waals surface area contributed by atoms with Gasteiger partial charge in [0.1, 0.15) is 17.1 Å². The summed E-state index contributed by atoms with van der Waals surface area (Å²) in [7, 11) is 0. The fraction of sp³-hybridized carbons (Fsp3) is 0.0556. The Morgan fingerprint density at radius 2 is 1.26 bits per heavy atom. The van der Waals surface area contributed by atoms with Crippen LogP contribution in [0.1, 0.15) is 5.69 Å². The lowest BCUT2D eigenvalue weighted by molar-refractivity contribution is -0.141. The summed E-state index contributed by atoms with van der Waals surface area (Å²) in [5.41, 5.74) is -1.44. The second kappa shape index (κ2) is 7.40. The quantitative estimate of drug-likeness (QED) is 0.431. The molecule has 3 rings (SSSR count). The minimum Gasteiger partial charge on any atom is -0.505 e. The van der Waals surface area contributed by atoms with Crippen LogP contribution < -0.4 is 0 Å². The molecular weight excluding hydrogens is 445 g/mol. The van der Waals surface area contributed by atoms with E-state index >= 15 is 0 Å². The minimum atomic E-state index is -4.75. The van der Waals surface area contributed by atoms with Crippen molar-refractivity contribution in [3.63, 3.8) is 0 Å². The van der Waals surface area contributed by atoms with Gasteiger partial charge in [0, 0.05) is 26.7 Å². The Balaban J connectivity index is 2.34. The number of halogens is 7. The summed E-state index contributed by atoms with van der Waals surface area (Å²) in [4.78, 5) is 3.57. The number of hydrogen-bond acceptors (Lipinski definition) is 2. The van der Waals surface area contributed by atoms with Gasteiger partial charge in [0.2, 0.25) is 0 Å². The maximum Gasteiger partial charge on any atom is 0.433 e. The van der Waals surface area contributed by atoms with Crippen LogP contribution >= 0.6 is 46.4 Å². The number of hydrogen-bond donors (Lipinski definition) is 1. The second-order valence-corrected chi connectivity index (χ2v) is 7.19. The molecule has 0 saturated heterocycles. The van der Waals surface area contributed by atoms with Gasteiger partial charge in [-0.3, -0.25) is 0 Å². The van der Waals surface area contributed by atoms with Crippen molar-refractivity contribution in [2.45, 2.75) is 6.18 Å². The van der Waals surface area contributed by atoms with Gasteiger partial charge < -0.3 is 5.11 Å². The summed E-state index contributed by atoms with van der Waals surface area (Å²) in [5, 5.41) is 11.4. The molecule has 3 aromatic rings. The van der Waals surface area contributed by atoms with Crippen LogP contribution in [0.15, 0.2) is 42.5 Å². The molecule has 1 aromatic heterocycles. The SMILES string of the molecule is Oc1c(-c2ccc(Cl)cc2Cl)cc(C(F)(F)F)nc1-c1ccc(Cl)cc1Cl. The fourth-order valence-corrected chi connectivity index (χ4v) is 3.47. The van der Waals surface area contributed by atoms with E-state index in [2.05, 4.69) is 4.98 Å². The van der Waals surface area contributed by atoms with E-state index in [9.17, 15) is 18.3 Å². The highest BCUT2D eigenvalue weighted by molar-refractivity contribution is 6.37. The minimum absolute atomic E-state index is 0.0396. The predicted molar refractivity (Wildman–Crippen MR) is 102 cm³/mol. The second-order valence-electron chi connectivity index (χ2n) is 5.50. The van der Waals surface area contributed by atoms with E-state index in [0.29, 0.717) is 5.02 Å². The van der Waals surface area contributed by atoms with Gasteiger partial charge in [-0.05, 0) is 36.4 Å². The summed E-state index contributed by atoms with van der Waals surface area (Å²) in [6, 6.07) is 9.09. The van der Waals surface area contributed by atoms with Crippen molar-refractivity contribution in [1.82, 2.24) is 4.98 Å². The van der Waals surface area contributed by atoms with Gasteiger partial charge in [0.25, 0.3) is 0 Å². The van der Waals surface area contributed by atoms with Crippen molar-refractivity contribution in [3.8, 4) is 28.1 Å². The Hall–Kier alpha value is -1.66. The first-order valence-corrected chi connectivity index (χ1v) is 8.81. The first-order chi connectivity index (χ1) is 12.6. The van der Waals surface area contributed by atoms with Gasteiger partial charge in [-0.25, -0.2) is 4.98 Å². The third kappa shape index (κ3) is 4.11. The Morgan fingerprint density at radius 3 is 1.74 bits per heavy atom. The fourth-order valence-electron chi connectivity index (χ4n) is 2.47. The van der Waals surface area contributed by atoms with Crippen LogP contribution in [-0.4, -0.2) is 10.1 Å². The highest BCUT2D eigenvalue weighted by Gasteiger charge is 2.35. The summed E-state index contributed by atoms with van der Waals surface area (Å²) in [6.07, 6.45) is -4.75. The molecule has 2 aromatic carbocycles. The number of benzene rings is 2. The Bertz CT molecular complexity index is 965. The Morgan fingerprint density at radius 1 is 0.741 bits per heavy atom. The van der Waals surface area contributed by atoms with E-state index in [1.807, 2.05) is 0 Å². The van der Waals surface area contributed by atoms with Crippen molar-refractivity contribution in [1.29, 1.82) is 0 Å². The first-order valence-electron chi connectivity index (χ1n) is 7.30. The van der Waals surface area contributed by atoms with E-state index in [1.54, 1.807) is 0 Å². The van der Waals surface area contributed by atoms with E-state index in [4.69, 9.17) is 46.4 Å². The zero-order valence-electron chi connectivity index (χ0n) is 13.1. The Labute approximate surface area is 172 Å².